The van der Waals surface area contributed by atoms with Gasteiger partial charge in [0.25, 0.3) is 0 Å². The Labute approximate surface area is 151 Å². The van der Waals surface area contributed by atoms with Crippen molar-refractivity contribution in [2.24, 2.45) is 7.05 Å². The quantitative estimate of drug-likeness (QED) is 0.863. The van der Waals surface area contributed by atoms with Crippen LogP contribution in [0.1, 0.15) is 44.1 Å². The van der Waals surface area contributed by atoms with Gasteiger partial charge in [0.2, 0.25) is 5.91 Å². The number of nitrogens with zero attached hydrogens (tertiary/aromatic N) is 4. The monoisotopic (exact) mass is 360 g/mol. The van der Waals surface area contributed by atoms with E-state index in [1.54, 1.807) is 21.8 Å². The second-order valence-electron chi connectivity index (χ2n) is 6.90. The van der Waals surface area contributed by atoms with Crippen molar-refractivity contribution in [3.63, 3.8) is 0 Å². The lowest BCUT2D eigenvalue weighted by Crippen LogP contribution is -2.40. The van der Waals surface area contributed by atoms with Crippen LogP contribution in [0.2, 0.25) is 0 Å². The third kappa shape index (κ3) is 3.71. The zero-order chi connectivity index (χ0) is 18.8. The molecule has 0 saturated carbocycles. The number of urea groups is 1. The molecular formula is C17H24N6O3. The van der Waals surface area contributed by atoms with Crippen LogP contribution in [0.4, 0.5) is 10.6 Å². The molecule has 9 nitrogen and oxygen atoms in total. The standard InChI is InChI=1S/C17H24N6O3/c1-10(2)15-7-16(21-26-15)20-17(25)23-8-12(13(9-23)19-11(3)24)14-5-6-18-22(14)4/h5-7,10,12-13H,8-9H2,1-4H3,(H,19,24)(H,20,21,25)/t12-,13-/m1/s1. The molecule has 0 unspecified atom stereocenters. The molecule has 0 bridgehead atoms. The van der Waals surface area contributed by atoms with Crippen LogP contribution in [0.5, 0.6) is 0 Å². The molecule has 3 amide bonds. The van der Waals surface area contributed by atoms with E-state index >= 15 is 0 Å². The molecule has 2 atom stereocenters. The van der Waals surface area contributed by atoms with E-state index in [-0.39, 0.29) is 29.8 Å². The summed E-state index contributed by atoms with van der Waals surface area (Å²) in [7, 11) is 1.85. The third-order valence-corrected chi connectivity index (χ3v) is 4.57. The Morgan fingerprint density at radius 1 is 1.35 bits per heavy atom. The van der Waals surface area contributed by atoms with Crippen molar-refractivity contribution in [2.75, 3.05) is 18.4 Å². The summed E-state index contributed by atoms with van der Waals surface area (Å²) in [6.45, 7) is 6.35. The zero-order valence-electron chi connectivity index (χ0n) is 15.4. The van der Waals surface area contributed by atoms with E-state index in [4.69, 9.17) is 4.52 Å². The van der Waals surface area contributed by atoms with E-state index in [1.165, 1.54) is 6.92 Å². The van der Waals surface area contributed by atoms with Crippen molar-refractivity contribution in [3.05, 3.63) is 29.8 Å². The van der Waals surface area contributed by atoms with Crippen molar-refractivity contribution in [3.8, 4) is 0 Å². The molecule has 0 spiro atoms. The Balaban J connectivity index is 1.72. The lowest BCUT2D eigenvalue weighted by molar-refractivity contribution is -0.119. The number of aryl methyl sites for hydroxylation is 1. The van der Waals surface area contributed by atoms with Crippen LogP contribution < -0.4 is 10.6 Å². The summed E-state index contributed by atoms with van der Waals surface area (Å²) in [4.78, 5) is 25.9. The summed E-state index contributed by atoms with van der Waals surface area (Å²) in [6.07, 6.45) is 1.71. The number of aromatic nitrogens is 3. The first-order chi connectivity index (χ1) is 12.3. The van der Waals surface area contributed by atoms with Crippen LogP contribution in [-0.4, -0.2) is 50.9 Å². The minimum atomic E-state index is -0.270. The fourth-order valence-corrected chi connectivity index (χ4v) is 3.23. The van der Waals surface area contributed by atoms with Crippen LogP contribution in [0.3, 0.4) is 0 Å². The number of nitrogens with one attached hydrogen (secondary N) is 2. The van der Waals surface area contributed by atoms with Crippen LogP contribution in [0, 0.1) is 0 Å². The van der Waals surface area contributed by atoms with Gasteiger partial charge < -0.3 is 14.7 Å². The molecule has 1 aliphatic heterocycles. The fourth-order valence-electron chi connectivity index (χ4n) is 3.23. The summed E-state index contributed by atoms with van der Waals surface area (Å²) in [5.74, 6) is 1.14. The molecule has 2 N–H and O–H groups in total. The maximum absolute atomic E-state index is 12.6. The second-order valence-corrected chi connectivity index (χ2v) is 6.90. The van der Waals surface area contributed by atoms with Gasteiger partial charge in [0.1, 0.15) is 5.76 Å². The Morgan fingerprint density at radius 2 is 2.12 bits per heavy atom. The summed E-state index contributed by atoms with van der Waals surface area (Å²) in [5.41, 5.74) is 0.975. The highest BCUT2D eigenvalue weighted by molar-refractivity contribution is 5.88. The van der Waals surface area contributed by atoms with Gasteiger partial charge in [-0.1, -0.05) is 19.0 Å². The molecule has 3 rings (SSSR count). The average Bonchev–Trinajstić information content (AvgIpc) is 3.26. The molecule has 1 fully saturated rings. The van der Waals surface area contributed by atoms with E-state index in [9.17, 15) is 9.59 Å². The van der Waals surface area contributed by atoms with Gasteiger partial charge in [-0.3, -0.25) is 14.8 Å². The molecule has 0 radical (unpaired) electrons. The molecular weight excluding hydrogens is 336 g/mol. The minimum Gasteiger partial charge on any atom is -0.359 e. The normalized spacial score (nSPS) is 19.8. The van der Waals surface area contributed by atoms with Crippen LogP contribution >= 0.6 is 0 Å². The lowest BCUT2D eigenvalue weighted by Gasteiger charge is -2.18. The number of carbonyl (C=O) groups excluding carboxylic acids is 2. The molecule has 2 aromatic heterocycles. The largest absolute Gasteiger partial charge is 0.359 e. The van der Waals surface area contributed by atoms with Crippen LogP contribution in [0.25, 0.3) is 0 Å². The smallest absolute Gasteiger partial charge is 0.323 e. The maximum atomic E-state index is 12.6. The Hall–Kier alpha value is -2.84. The maximum Gasteiger partial charge on any atom is 0.323 e. The Bertz CT molecular complexity index is 796. The highest BCUT2D eigenvalue weighted by Crippen LogP contribution is 2.28. The number of rotatable bonds is 4. The zero-order valence-corrected chi connectivity index (χ0v) is 15.4. The van der Waals surface area contributed by atoms with E-state index in [2.05, 4.69) is 20.9 Å². The van der Waals surface area contributed by atoms with Gasteiger partial charge in [0.15, 0.2) is 5.82 Å². The van der Waals surface area contributed by atoms with Gasteiger partial charge in [-0.15, -0.1) is 0 Å². The first-order valence-electron chi connectivity index (χ1n) is 8.62. The first-order valence-corrected chi connectivity index (χ1v) is 8.62. The van der Waals surface area contributed by atoms with Gasteiger partial charge in [-0.2, -0.15) is 5.10 Å². The predicted molar refractivity (Wildman–Crippen MR) is 94.7 cm³/mol. The molecule has 9 heteroatoms. The predicted octanol–water partition coefficient (Wildman–Crippen LogP) is 1.67. The van der Waals surface area contributed by atoms with Crippen LogP contribution in [-0.2, 0) is 11.8 Å². The number of hydrogen-bond acceptors (Lipinski definition) is 5. The van der Waals surface area contributed by atoms with Gasteiger partial charge in [0.05, 0.1) is 6.04 Å². The fraction of sp³-hybridized carbons (Fsp3) is 0.529. The van der Waals surface area contributed by atoms with E-state index in [1.807, 2.05) is 27.0 Å². The molecule has 1 aliphatic rings. The summed E-state index contributed by atoms with van der Waals surface area (Å²) in [5, 5.41) is 13.8. The van der Waals surface area contributed by atoms with Crippen molar-refractivity contribution < 1.29 is 14.1 Å². The molecule has 0 aliphatic carbocycles. The van der Waals surface area contributed by atoms with Gasteiger partial charge in [0, 0.05) is 56.9 Å². The van der Waals surface area contributed by atoms with E-state index in [0.717, 1.165) is 5.69 Å². The SMILES string of the molecule is CC(=O)N[C@@H]1CN(C(=O)Nc2cc(C(C)C)on2)C[C@H]1c1ccnn1C. The van der Waals surface area contributed by atoms with Crippen molar-refractivity contribution in [2.45, 2.75) is 38.6 Å². The number of likely N-dealkylation sites (tertiary alicyclic amines) is 1. The topological polar surface area (TPSA) is 105 Å². The van der Waals surface area contributed by atoms with Crippen molar-refractivity contribution in [1.82, 2.24) is 25.2 Å². The Morgan fingerprint density at radius 3 is 2.69 bits per heavy atom. The molecule has 3 heterocycles. The number of anilines is 1. The highest BCUT2D eigenvalue weighted by Gasteiger charge is 2.38. The summed E-state index contributed by atoms with van der Waals surface area (Å²) >= 11 is 0. The van der Waals surface area contributed by atoms with Gasteiger partial charge >= 0.3 is 6.03 Å². The third-order valence-electron chi connectivity index (χ3n) is 4.57. The van der Waals surface area contributed by atoms with Crippen molar-refractivity contribution >= 4 is 17.8 Å². The minimum absolute atomic E-state index is 0.0271. The summed E-state index contributed by atoms with van der Waals surface area (Å²) < 4.78 is 6.98. The first kappa shape index (κ1) is 18.0. The Kier molecular flexibility index (Phi) is 4.97. The lowest BCUT2D eigenvalue weighted by atomic mass is 9.99. The molecule has 0 aromatic carbocycles. The molecule has 140 valence electrons. The van der Waals surface area contributed by atoms with E-state index < -0.39 is 0 Å². The summed E-state index contributed by atoms with van der Waals surface area (Å²) in [6, 6.07) is 3.20. The van der Waals surface area contributed by atoms with E-state index in [0.29, 0.717) is 24.7 Å². The number of hydrogen-bond donors (Lipinski definition) is 2. The molecule has 2 aromatic rings. The van der Waals surface area contributed by atoms with Crippen LogP contribution in [0.15, 0.2) is 22.9 Å². The number of amides is 3. The van der Waals surface area contributed by atoms with Gasteiger partial charge in [-0.25, -0.2) is 4.79 Å². The number of carbonyl (C=O) groups is 2. The van der Waals surface area contributed by atoms with Gasteiger partial charge in [-0.05, 0) is 6.07 Å². The molecule has 1 saturated heterocycles. The second kappa shape index (κ2) is 7.19. The van der Waals surface area contributed by atoms with Crippen molar-refractivity contribution in [1.29, 1.82) is 0 Å². The molecule has 26 heavy (non-hydrogen) atoms. The highest BCUT2D eigenvalue weighted by atomic mass is 16.5. The average molecular weight is 360 g/mol.